The Morgan fingerprint density at radius 3 is 2.53 bits per heavy atom. The van der Waals surface area contributed by atoms with Crippen LogP contribution in [0.25, 0.3) is 0 Å². The molecule has 0 aliphatic carbocycles. The monoisotopic (exact) mass is 273 g/mol. The van der Waals surface area contributed by atoms with Crippen LogP contribution in [0.15, 0.2) is 28.7 Å². The minimum Gasteiger partial charge on any atom is -0.395 e. The molecule has 0 spiro atoms. The summed E-state index contributed by atoms with van der Waals surface area (Å²) in [6, 6.07) is 7.79. The minimum absolute atomic E-state index is 0.0607. The Kier molecular flexibility index (Phi) is 5.25. The molecule has 0 aliphatic rings. The largest absolute Gasteiger partial charge is 0.395 e. The summed E-state index contributed by atoms with van der Waals surface area (Å²) in [5.74, 6) is 0. The molecule has 0 aromatic heterocycles. The molecule has 3 nitrogen and oxygen atoms in total. The number of hydrogen-bond donors (Lipinski definition) is 3. The molecule has 4 heteroatoms. The third-order valence-electron chi connectivity index (χ3n) is 2.28. The van der Waals surface area contributed by atoms with Gasteiger partial charge in [-0.1, -0.05) is 28.1 Å². The van der Waals surface area contributed by atoms with Crippen molar-refractivity contribution in [1.82, 2.24) is 5.32 Å². The van der Waals surface area contributed by atoms with Crippen LogP contribution in [0.3, 0.4) is 0 Å². The molecule has 0 fully saturated rings. The SMILES string of the molecule is CC(NC(CO)CO)c1cccc(Br)c1. The zero-order chi connectivity index (χ0) is 11.3. The summed E-state index contributed by atoms with van der Waals surface area (Å²) in [6.45, 7) is 1.88. The zero-order valence-electron chi connectivity index (χ0n) is 8.65. The standard InChI is InChI=1S/C11H16BrNO2/c1-8(13-11(6-14)7-15)9-3-2-4-10(12)5-9/h2-5,8,11,13-15H,6-7H2,1H3. The van der Waals surface area contributed by atoms with E-state index in [9.17, 15) is 0 Å². The fraction of sp³-hybridized carbons (Fsp3) is 0.455. The number of rotatable bonds is 5. The van der Waals surface area contributed by atoms with E-state index in [2.05, 4.69) is 21.2 Å². The van der Waals surface area contributed by atoms with E-state index in [1.54, 1.807) is 0 Å². The molecule has 1 unspecified atom stereocenters. The van der Waals surface area contributed by atoms with Crippen LogP contribution in [0.5, 0.6) is 0 Å². The third-order valence-corrected chi connectivity index (χ3v) is 2.77. The maximum Gasteiger partial charge on any atom is 0.0607 e. The van der Waals surface area contributed by atoms with Crippen LogP contribution in [-0.2, 0) is 0 Å². The van der Waals surface area contributed by atoms with Crippen molar-refractivity contribution in [3.05, 3.63) is 34.3 Å². The molecule has 0 radical (unpaired) electrons. The maximum atomic E-state index is 8.94. The first-order valence-electron chi connectivity index (χ1n) is 4.90. The Morgan fingerprint density at radius 1 is 1.33 bits per heavy atom. The molecule has 1 aromatic rings. The van der Waals surface area contributed by atoms with Gasteiger partial charge in [-0.2, -0.15) is 0 Å². The second-order valence-corrected chi connectivity index (χ2v) is 4.42. The topological polar surface area (TPSA) is 52.5 Å². The van der Waals surface area contributed by atoms with Crippen molar-refractivity contribution in [2.24, 2.45) is 0 Å². The smallest absolute Gasteiger partial charge is 0.0607 e. The summed E-state index contributed by atoms with van der Waals surface area (Å²) >= 11 is 3.40. The van der Waals surface area contributed by atoms with Gasteiger partial charge < -0.3 is 15.5 Å². The normalized spacial score (nSPS) is 13.1. The highest BCUT2D eigenvalue weighted by molar-refractivity contribution is 9.10. The van der Waals surface area contributed by atoms with Crippen molar-refractivity contribution in [2.75, 3.05) is 13.2 Å². The van der Waals surface area contributed by atoms with Crippen LogP contribution in [0.1, 0.15) is 18.5 Å². The lowest BCUT2D eigenvalue weighted by Gasteiger charge is -2.20. The first kappa shape index (κ1) is 12.6. The highest BCUT2D eigenvalue weighted by atomic mass is 79.9. The van der Waals surface area contributed by atoms with Gasteiger partial charge in [-0.3, -0.25) is 0 Å². The van der Waals surface area contributed by atoms with Gasteiger partial charge in [-0.05, 0) is 24.6 Å². The van der Waals surface area contributed by atoms with Crippen molar-refractivity contribution < 1.29 is 10.2 Å². The van der Waals surface area contributed by atoms with Crippen molar-refractivity contribution in [3.63, 3.8) is 0 Å². The van der Waals surface area contributed by atoms with E-state index in [0.717, 1.165) is 10.0 Å². The van der Waals surface area contributed by atoms with Crippen LogP contribution >= 0.6 is 15.9 Å². The molecule has 0 heterocycles. The molecule has 1 rings (SSSR count). The maximum absolute atomic E-state index is 8.94. The predicted molar refractivity (Wildman–Crippen MR) is 63.7 cm³/mol. The average molecular weight is 274 g/mol. The Morgan fingerprint density at radius 2 is 2.00 bits per heavy atom. The lowest BCUT2D eigenvalue weighted by molar-refractivity contribution is 0.163. The average Bonchev–Trinajstić information content (AvgIpc) is 2.25. The second-order valence-electron chi connectivity index (χ2n) is 3.51. The lowest BCUT2D eigenvalue weighted by Crippen LogP contribution is -2.37. The first-order chi connectivity index (χ1) is 7.17. The molecule has 0 saturated carbocycles. The van der Waals surface area contributed by atoms with Crippen molar-refractivity contribution in [3.8, 4) is 0 Å². The third kappa shape index (κ3) is 3.91. The summed E-state index contributed by atoms with van der Waals surface area (Å²) in [7, 11) is 0. The molecule has 0 amide bonds. The van der Waals surface area contributed by atoms with E-state index in [1.165, 1.54) is 0 Å². The molecular weight excluding hydrogens is 258 g/mol. The zero-order valence-corrected chi connectivity index (χ0v) is 10.2. The number of aliphatic hydroxyl groups excluding tert-OH is 2. The van der Waals surface area contributed by atoms with E-state index in [0.29, 0.717) is 0 Å². The molecule has 1 atom stereocenters. The molecule has 0 saturated heterocycles. The summed E-state index contributed by atoms with van der Waals surface area (Å²) in [6.07, 6.45) is 0. The van der Waals surface area contributed by atoms with Crippen molar-refractivity contribution in [1.29, 1.82) is 0 Å². The quantitative estimate of drug-likeness (QED) is 0.761. The summed E-state index contributed by atoms with van der Waals surface area (Å²) in [4.78, 5) is 0. The highest BCUT2D eigenvalue weighted by Crippen LogP contribution is 2.18. The Bertz CT molecular complexity index is 302. The molecular formula is C11H16BrNO2. The first-order valence-corrected chi connectivity index (χ1v) is 5.70. The van der Waals surface area contributed by atoms with E-state index in [-0.39, 0.29) is 25.3 Å². The Labute approximate surface area is 98.3 Å². The minimum atomic E-state index is -0.265. The molecule has 3 N–H and O–H groups in total. The van der Waals surface area contributed by atoms with Gasteiger partial charge in [0.05, 0.1) is 19.3 Å². The van der Waals surface area contributed by atoms with Crippen molar-refractivity contribution >= 4 is 15.9 Å². The van der Waals surface area contributed by atoms with E-state index in [1.807, 2.05) is 31.2 Å². The van der Waals surface area contributed by atoms with E-state index < -0.39 is 0 Å². The molecule has 15 heavy (non-hydrogen) atoms. The van der Waals surface area contributed by atoms with Crippen LogP contribution in [-0.4, -0.2) is 29.5 Å². The van der Waals surface area contributed by atoms with E-state index in [4.69, 9.17) is 10.2 Å². The number of halogens is 1. The number of benzene rings is 1. The van der Waals surface area contributed by atoms with Gasteiger partial charge in [0.2, 0.25) is 0 Å². The predicted octanol–water partition coefficient (Wildman–Crippen LogP) is 1.45. The van der Waals surface area contributed by atoms with Gasteiger partial charge >= 0.3 is 0 Å². The number of hydrogen-bond acceptors (Lipinski definition) is 3. The number of aliphatic hydroxyl groups is 2. The van der Waals surface area contributed by atoms with E-state index >= 15 is 0 Å². The van der Waals surface area contributed by atoms with Gasteiger partial charge in [0.15, 0.2) is 0 Å². The fourth-order valence-electron chi connectivity index (χ4n) is 1.39. The van der Waals surface area contributed by atoms with Gasteiger partial charge in [-0.15, -0.1) is 0 Å². The van der Waals surface area contributed by atoms with Crippen LogP contribution < -0.4 is 5.32 Å². The summed E-state index contributed by atoms with van der Waals surface area (Å²) < 4.78 is 1.03. The van der Waals surface area contributed by atoms with Crippen molar-refractivity contribution in [2.45, 2.75) is 19.0 Å². The Balaban J connectivity index is 2.64. The summed E-state index contributed by atoms with van der Waals surface area (Å²) in [5, 5.41) is 21.0. The molecule has 0 aliphatic heterocycles. The summed E-state index contributed by atoms with van der Waals surface area (Å²) in [5.41, 5.74) is 1.12. The van der Waals surface area contributed by atoms with Gasteiger partial charge in [0.1, 0.15) is 0 Å². The second kappa shape index (κ2) is 6.23. The van der Waals surface area contributed by atoms with Gasteiger partial charge in [-0.25, -0.2) is 0 Å². The fourth-order valence-corrected chi connectivity index (χ4v) is 1.81. The van der Waals surface area contributed by atoms with Crippen LogP contribution in [0.2, 0.25) is 0 Å². The van der Waals surface area contributed by atoms with Gasteiger partial charge in [0, 0.05) is 10.5 Å². The van der Waals surface area contributed by atoms with Crippen LogP contribution in [0.4, 0.5) is 0 Å². The van der Waals surface area contributed by atoms with Gasteiger partial charge in [0.25, 0.3) is 0 Å². The number of nitrogens with one attached hydrogen (secondary N) is 1. The van der Waals surface area contributed by atoms with Crippen LogP contribution in [0, 0.1) is 0 Å². The molecule has 0 bridgehead atoms. The highest BCUT2D eigenvalue weighted by Gasteiger charge is 2.11. The lowest BCUT2D eigenvalue weighted by atomic mass is 10.1. The molecule has 1 aromatic carbocycles. The molecule has 84 valence electrons. The Hall–Kier alpha value is -0.420.